The molecule has 1 N–H and O–H groups in total. The molecular formula is C9H8ClNO. The lowest BCUT2D eigenvalue weighted by molar-refractivity contribution is -0.114. The van der Waals surface area contributed by atoms with Gasteiger partial charge < -0.3 is 0 Å². The molecule has 1 amide bonds. The van der Waals surface area contributed by atoms with E-state index in [-0.39, 0.29) is 5.91 Å². The van der Waals surface area contributed by atoms with E-state index in [0.29, 0.717) is 0 Å². The van der Waals surface area contributed by atoms with Crippen molar-refractivity contribution >= 4 is 23.8 Å². The van der Waals surface area contributed by atoms with E-state index in [1.165, 1.54) is 6.08 Å². The van der Waals surface area contributed by atoms with E-state index in [9.17, 15) is 4.79 Å². The first-order valence-electron chi connectivity index (χ1n) is 3.46. The van der Waals surface area contributed by atoms with Gasteiger partial charge in [0.25, 0.3) is 5.91 Å². The van der Waals surface area contributed by atoms with Gasteiger partial charge in [0.2, 0.25) is 0 Å². The second kappa shape index (κ2) is 4.57. The van der Waals surface area contributed by atoms with Gasteiger partial charge in [0.15, 0.2) is 0 Å². The number of hydrogen-bond donors (Lipinski definition) is 1. The molecule has 0 aliphatic carbocycles. The lowest BCUT2D eigenvalue weighted by Crippen LogP contribution is -2.07. The fraction of sp³-hybridized carbons (Fsp3) is 0. The smallest absolute Gasteiger partial charge is 0.258 e. The molecule has 1 rings (SSSR count). The van der Waals surface area contributed by atoms with Crippen LogP contribution in [0.25, 0.3) is 6.08 Å². The van der Waals surface area contributed by atoms with Crippen molar-refractivity contribution < 1.29 is 4.79 Å². The number of hydrogen-bond acceptors (Lipinski definition) is 1. The van der Waals surface area contributed by atoms with E-state index < -0.39 is 0 Å². The van der Waals surface area contributed by atoms with Crippen molar-refractivity contribution in [3.05, 3.63) is 42.0 Å². The second-order valence-corrected chi connectivity index (χ2v) is 2.39. The van der Waals surface area contributed by atoms with Crippen LogP contribution in [0.4, 0.5) is 0 Å². The van der Waals surface area contributed by atoms with Gasteiger partial charge in [-0.25, -0.2) is 0 Å². The SMILES string of the molecule is O=C(/C=C/c1ccccc1)NCl. The Morgan fingerprint density at radius 3 is 2.58 bits per heavy atom. The van der Waals surface area contributed by atoms with Gasteiger partial charge in [0.1, 0.15) is 0 Å². The van der Waals surface area contributed by atoms with E-state index >= 15 is 0 Å². The minimum Gasteiger partial charge on any atom is -0.269 e. The number of carbonyl (C=O) groups excluding carboxylic acids is 1. The standard InChI is InChI=1S/C9H8ClNO/c10-11-9(12)7-6-8-4-2-1-3-5-8/h1-7H,(H,11,12)/b7-6+. The molecule has 0 aliphatic rings. The molecule has 2 nitrogen and oxygen atoms in total. The summed E-state index contributed by atoms with van der Waals surface area (Å²) in [5, 5.41) is 0. The van der Waals surface area contributed by atoms with Crippen LogP contribution < -0.4 is 4.84 Å². The number of nitrogens with one attached hydrogen (secondary N) is 1. The maximum absolute atomic E-state index is 10.7. The molecular weight excluding hydrogens is 174 g/mol. The molecule has 0 radical (unpaired) electrons. The van der Waals surface area contributed by atoms with Gasteiger partial charge in [-0.1, -0.05) is 30.3 Å². The lowest BCUT2D eigenvalue weighted by Gasteiger charge is -1.90. The summed E-state index contributed by atoms with van der Waals surface area (Å²) in [5.74, 6) is -0.319. The first-order valence-corrected chi connectivity index (χ1v) is 3.84. The van der Waals surface area contributed by atoms with Crippen LogP contribution >= 0.6 is 11.8 Å². The minimum atomic E-state index is -0.319. The van der Waals surface area contributed by atoms with Crippen LogP contribution in [0.15, 0.2) is 36.4 Å². The third-order valence-corrected chi connectivity index (χ3v) is 1.51. The predicted molar refractivity (Wildman–Crippen MR) is 49.5 cm³/mol. The van der Waals surface area contributed by atoms with Crippen molar-refractivity contribution in [2.24, 2.45) is 0 Å². The minimum absolute atomic E-state index is 0.319. The molecule has 0 unspecified atom stereocenters. The predicted octanol–water partition coefficient (Wildman–Crippen LogP) is 1.97. The highest BCUT2D eigenvalue weighted by atomic mass is 35.5. The molecule has 0 atom stereocenters. The summed E-state index contributed by atoms with van der Waals surface area (Å²) in [7, 11) is 0. The molecule has 0 aliphatic heterocycles. The van der Waals surface area contributed by atoms with E-state index in [1.54, 1.807) is 6.08 Å². The Kier molecular flexibility index (Phi) is 3.35. The molecule has 0 saturated carbocycles. The Balaban J connectivity index is 2.64. The van der Waals surface area contributed by atoms with Crippen LogP contribution in [0, 0.1) is 0 Å². The maximum Gasteiger partial charge on any atom is 0.258 e. The van der Waals surface area contributed by atoms with Crippen LogP contribution in [0.5, 0.6) is 0 Å². The normalized spacial score (nSPS) is 10.1. The quantitative estimate of drug-likeness (QED) is 0.549. The van der Waals surface area contributed by atoms with Crippen molar-refractivity contribution in [1.82, 2.24) is 4.84 Å². The Morgan fingerprint density at radius 1 is 1.33 bits per heavy atom. The summed E-state index contributed by atoms with van der Waals surface area (Å²) in [6.07, 6.45) is 3.07. The molecule has 0 heterocycles. The molecule has 1 aromatic rings. The topological polar surface area (TPSA) is 29.1 Å². The van der Waals surface area contributed by atoms with Gasteiger partial charge >= 0.3 is 0 Å². The Hall–Kier alpha value is -1.28. The van der Waals surface area contributed by atoms with Crippen LogP contribution in [0.2, 0.25) is 0 Å². The van der Waals surface area contributed by atoms with Gasteiger partial charge in [-0.05, 0) is 11.6 Å². The van der Waals surface area contributed by atoms with Gasteiger partial charge in [-0.2, -0.15) is 0 Å². The van der Waals surface area contributed by atoms with Gasteiger partial charge in [0.05, 0.1) is 0 Å². The summed E-state index contributed by atoms with van der Waals surface area (Å²) in [6.45, 7) is 0. The van der Waals surface area contributed by atoms with Crippen molar-refractivity contribution in [2.75, 3.05) is 0 Å². The fourth-order valence-corrected chi connectivity index (χ4v) is 0.831. The fourth-order valence-electron chi connectivity index (χ4n) is 0.768. The maximum atomic E-state index is 10.7. The zero-order chi connectivity index (χ0) is 8.81. The highest BCUT2D eigenvalue weighted by Crippen LogP contribution is 2.00. The summed E-state index contributed by atoms with van der Waals surface area (Å²) >= 11 is 5.07. The molecule has 0 saturated heterocycles. The van der Waals surface area contributed by atoms with Gasteiger partial charge in [0, 0.05) is 17.9 Å². The molecule has 1 aromatic carbocycles. The Bertz CT molecular complexity index is 282. The third-order valence-electron chi connectivity index (χ3n) is 1.32. The van der Waals surface area contributed by atoms with Crippen LogP contribution in [0.1, 0.15) is 5.56 Å². The average molecular weight is 182 g/mol. The highest BCUT2D eigenvalue weighted by Gasteiger charge is 1.89. The Morgan fingerprint density at radius 2 is 2.00 bits per heavy atom. The summed E-state index contributed by atoms with van der Waals surface area (Å²) in [5.41, 5.74) is 0.970. The van der Waals surface area contributed by atoms with Crippen LogP contribution in [-0.2, 0) is 4.79 Å². The van der Waals surface area contributed by atoms with Crippen molar-refractivity contribution in [3.8, 4) is 0 Å². The summed E-state index contributed by atoms with van der Waals surface area (Å²) in [4.78, 5) is 12.6. The molecule has 0 fully saturated rings. The van der Waals surface area contributed by atoms with E-state index in [4.69, 9.17) is 11.8 Å². The van der Waals surface area contributed by atoms with Crippen LogP contribution in [-0.4, -0.2) is 5.91 Å². The molecule has 0 spiro atoms. The first kappa shape index (κ1) is 8.81. The van der Waals surface area contributed by atoms with Crippen molar-refractivity contribution in [2.45, 2.75) is 0 Å². The third kappa shape index (κ3) is 2.76. The molecule has 3 heteroatoms. The molecule has 0 aromatic heterocycles. The highest BCUT2D eigenvalue weighted by molar-refractivity contribution is 6.23. The number of rotatable bonds is 2. The number of halogens is 1. The Labute approximate surface area is 76.0 Å². The number of benzene rings is 1. The lowest BCUT2D eigenvalue weighted by atomic mass is 10.2. The average Bonchev–Trinajstić information content (AvgIpc) is 2.16. The monoisotopic (exact) mass is 181 g/mol. The van der Waals surface area contributed by atoms with E-state index in [1.807, 2.05) is 35.2 Å². The number of carbonyl (C=O) groups is 1. The zero-order valence-corrected chi connectivity index (χ0v) is 7.08. The van der Waals surface area contributed by atoms with E-state index in [0.717, 1.165) is 5.56 Å². The zero-order valence-electron chi connectivity index (χ0n) is 6.33. The number of amides is 1. The molecule has 0 bridgehead atoms. The van der Waals surface area contributed by atoms with Gasteiger partial charge in [-0.15, -0.1) is 0 Å². The second-order valence-electron chi connectivity index (χ2n) is 2.20. The summed E-state index contributed by atoms with van der Waals surface area (Å²) in [6, 6.07) is 9.52. The summed E-state index contributed by atoms with van der Waals surface area (Å²) < 4.78 is 0. The molecule has 12 heavy (non-hydrogen) atoms. The van der Waals surface area contributed by atoms with Crippen molar-refractivity contribution in [1.29, 1.82) is 0 Å². The largest absolute Gasteiger partial charge is 0.269 e. The van der Waals surface area contributed by atoms with Crippen LogP contribution in [0.3, 0.4) is 0 Å². The van der Waals surface area contributed by atoms with Gasteiger partial charge in [-0.3, -0.25) is 9.63 Å². The first-order chi connectivity index (χ1) is 5.83. The molecule has 62 valence electrons. The van der Waals surface area contributed by atoms with E-state index in [2.05, 4.69) is 0 Å². The van der Waals surface area contributed by atoms with Crippen molar-refractivity contribution in [3.63, 3.8) is 0 Å².